The minimum atomic E-state index is 0.198. The highest BCUT2D eigenvalue weighted by Gasteiger charge is 2.31. The molecule has 0 fully saturated rings. The maximum absolute atomic E-state index is 5.81. The minimum Gasteiger partial charge on any atom is -0.485 e. The van der Waals surface area contributed by atoms with Crippen molar-refractivity contribution in [3.05, 3.63) is 52.5 Å². The summed E-state index contributed by atoms with van der Waals surface area (Å²) >= 11 is 3.48. The zero-order valence-corrected chi connectivity index (χ0v) is 9.07. The van der Waals surface area contributed by atoms with Gasteiger partial charge in [0.1, 0.15) is 11.9 Å². The number of rotatable bonds is 0. The Morgan fingerprint density at radius 3 is 2.93 bits per heavy atom. The molecule has 2 aliphatic rings. The second-order valence-electron chi connectivity index (χ2n) is 3.56. The molecule has 1 aliphatic carbocycles. The van der Waals surface area contributed by atoms with Crippen LogP contribution in [0.1, 0.15) is 11.5 Å². The third kappa shape index (κ3) is 1.14. The zero-order chi connectivity index (χ0) is 9.54. The summed E-state index contributed by atoms with van der Waals surface area (Å²) in [7, 11) is 0. The third-order valence-corrected chi connectivity index (χ3v) is 3.17. The molecule has 1 unspecified atom stereocenters. The second kappa shape index (κ2) is 2.99. The van der Waals surface area contributed by atoms with E-state index in [4.69, 9.17) is 4.74 Å². The molecule has 0 aromatic heterocycles. The molecule has 0 amide bonds. The summed E-state index contributed by atoms with van der Waals surface area (Å²) in [5.41, 5.74) is 1.28. The molecule has 14 heavy (non-hydrogen) atoms. The van der Waals surface area contributed by atoms with Crippen molar-refractivity contribution >= 4 is 15.9 Å². The van der Waals surface area contributed by atoms with E-state index in [1.165, 1.54) is 5.56 Å². The zero-order valence-electron chi connectivity index (χ0n) is 7.48. The van der Waals surface area contributed by atoms with Gasteiger partial charge in [0, 0.05) is 16.0 Å². The van der Waals surface area contributed by atoms with E-state index < -0.39 is 0 Å². The molecule has 0 radical (unpaired) electrons. The highest BCUT2D eigenvalue weighted by atomic mass is 79.9. The van der Waals surface area contributed by atoms with Crippen molar-refractivity contribution in [2.75, 3.05) is 0 Å². The first-order chi connectivity index (χ1) is 6.84. The monoisotopic (exact) mass is 248 g/mol. The molecule has 0 N–H and O–H groups in total. The van der Waals surface area contributed by atoms with E-state index >= 15 is 0 Å². The molecule has 3 rings (SSSR count). The minimum absolute atomic E-state index is 0.198. The van der Waals surface area contributed by atoms with E-state index in [2.05, 4.69) is 40.2 Å². The van der Waals surface area contributed by atoms with Crippen molar-refractivity contribution in [1.29, 1.82) is 0 Å². The van der Waals surface area contributed by atoms with Crippen molar-refractivity contribution in [3.8, 4) is 5.75 Å². The van der Waals surface area contributed by atoms with Crippen molar-refractivity contribution in [1.82, 2.24) is 0 Å². The first kappa shape index (κ1) is 8.30. The number of ether oxygens (including phenoxy) is 1. The van der Waals surface area contributed by atoms with Crippen molar-refractivity contribution in [3.63, 3.8) is 0 Å². The van der Waals surface area contributed by atoms with Crippen molar-refractivity contribution < 1.29 is 4.74 Å². The topological polar surface area (TPSA) is 9.23 Å². The summed E-state index contributed by atoms with van der Waals surface area (Å²) in [6.07, 6.45) is 8.63. The van der Waals surface area contributed by atoms with Crippen LogP contribution >= 0.6 is 15.9 Å². The molecule has 1 nitrogen and oxygen atoms in total. The molecule has 0 saturated carbocycles. The Hall–Kier alpha value is -1.02. The van der Waals surface area contributed by atoms with E-state index in [0.29, 0.717) is 5.92 Å². The van der Waals surface area contributed by atoms with Gasteiger partial charge in [-0.2, -0.15) is 0 Å². The molecule has 0 saturated heterocycles. The molecule has 70 valence electrons. The fourth-order valence-electron chi connectivity index (χ4n) is 2.01. The van der Waals surface area contributed by atoms with Gasteiger partial charge in [-0.25, -0.2) is 0 Å². The summed E-state index contributed by atoms with van der Waals surface area (Å²) in [4.78, 5) is 0. The fraction of sp³-hybridized carbons (Fsp3) is 0.167. The van der Waals surface area contributed by atoms with Crippen LogP contribution in [-0.4, -0.2) is 6.10 Å². The van der Waals surface area contributed by atoms with Crippen LogP contribution in [0.2, 0.25) is 0 Å². The van der Waals surface area contributed by atoms with E-state index in [1.807, 2.05) is 18.2 Å². The average Bonchev–Trinajstić information content (AvgIpc) is 2.56. The molecule has 1 aromatic carbocycles. The number of halogens is 1. The van der Waals surface area contributed by atoms with E-state index in [1.54, 1.807) is 0 Å². The third-order valence-electron chi connectivity index (χ3n) is 2.68. The summed E-state index contributed by atoms with van der Waals surface area (Å²) < 4.78 is 6.92. The Labute approximate surface area is 91.2 Å². The van der Waals surface area contributed by atoms with Crippen LogP contribution in [0.5, 0.6) is 5.75 Å². The molecular formula is C12H9BrO. The summed E-state index contributed by atoms with van der Waals surface area (Å²) in [5, 5.41) is 0. The standard InChI is InChI=1S/C12H9BrO/c13-8-5-6-12-10(7-8)9-3-1-2-4-11(9)14-12/h1-7,9,11H/t9?,11-/m0/s1. The van der Waals surface area contributed by atoms with Gasteiger partial charge >= 0.3 is 0 Å². The first-order valence-corrected chi connectivity index (χ1v) is 5.45. The molecule has 2 heteroatoms. The molecule has 0 bridgehead atoms. The Morgan fingerprint density at radius 1 is 1.14 bits per heavy atom. The molecule has 1 heterocycles. The predicted octanol–water partition coefficient (Wildman–Crippen LogP) is 3.42. The summed E-state index contributed by atoms with van der Waals surface area (Å²) in [5.74, 6) is 1.41. The summed E-state index contributed by atoms with van der Waals surface area (Å²) in [6, 6.07) is 6.19. The lowest BCUT2D eigenvalue weighted by atomic mass is 9.92. The van der Waals surface area contributed by atoms with Gasteiger partial charge in [-0.15, -0.1) is 0 Å². The predicted molar refractivity (Wildman–Crippen MR) is 59.6 cm³/mol. The van der Waals surface area contributed by atoms with Gasteiger partial charge in [-0.05, 0) is 24.3 Å². The number of hydrogen-bond donors (Lipinski definition) is 0. The maximum atomic E-state index is 5.81. The smallest absolute Gasteiger partial charge is 0.128 e. The van der Waals surface area contributed by atoms with E-state index in [0.717, 1.165) is 10.2 Å². The van der Waals surface area contributed by atoms with Crippen LogP contribution in [0.25, 0.3) is 0 Å². The molecule has 1 aliphatic heterocycles. The Kier molecular flexibility index (Phi) is 1.77. The van der Waals surface area contributed by atoms with Crippen molar-refractivity contribution in [2.45, 2.75) is 12.0 Å². The molecule has 0 spiro atoms. The SMILES string of the molecule is Brc1ccc2c(c1)C1C=CC=C[C@@H]1O2. The largest absolute Gasteiger partial charge is 0.485 e. The first-order valence-electron chi connectivity index (χ1n) is 4.66. The van der Waals surface area contributed by atoms with Crippen LogP contribution in [0.15, 0.2) is 47.0 Å². The van der Waals surface area contributed by atoms with Gasteiger partial charge < -0.3 is 4.74 Å². The van der Waals surface area contributed by atoms with Crippen LogP contribution in [0, 0.1) is 0 Å². The van der Waals surface area contributed by atoms with Gasteiger partial charge in [0.2, 0.25) is 0 Å². The van der Waals surface area contributed by atoms with Gasteiger partial charge in [-0.1, -0.05) is 34.2 Å². The number of benzene rings is 1. The normalized spacial score (nSPS) is 26.9. The lowest BCUT2D eigenvalue weighted by Gasteiger charge is -2.13. The van der Waals surface area contributed by atoms with Crippen LogP contribution < -0.4 is 4.74 Å². The van der Waals surface area contributed by atoms with Gasteiger partial charge in [0.05, 0.1) is 0 Å². The van der Waals surface area contributed by atoms with Gasteiger partial charge in [0.25, 0.3) is 0 Å². The highest BCUT2D eigenvalue weighted by Crippen LogP contribution is 2.41. The number of hydrogen-bond acceptors (Lipinski definition) is 1. The lowest BCUT2D eigenvalue weighted by molar-refractivity contribution is 0.269. The number of allylic oxidation sites excluding steroid dienone is 2. The van der Waals surface area contributed by atoms with Crippen LogP contribution in [0.4, 0.5) is 0 Å². The molecule has 1 aromatic rings. The number of fused-ring (bicyclic) bond motifs is 3. The van der Waals surface area contributed by atoms with E-state index in [-0.39, 0.29) is 6.10 Å². The highest BCUT2D eigenvalue weighted by molar-refractivity contribution is 9.10. The Morgan fingerprint density at radius 2 is 2.00 bits per heavy atom. The maximum Gasteiger partial charge on any atom is 0.128 e. The van der Waals surface area contributed by atoms with Crippen molar-refractivity contribution in [2.24, 2.45) is 0 Å². The molecular weight excluding hydrogens is 240 g/mol. The molecule has 2 atom stereocenters. The second-order valence-corrected chi connectivity index (χ2v) is 4.48. The van der Waals surface area contributed by atoms with E-state index in [9.17, 15) is 0 Å². The Bertz CT molecular complexity index is 434. The quantitative estimate of drug-likeness (QED) is 0.684. The van der Waals surface area contributed by atoms with Crippen LogP contribution in [-0.2, 0) is 0 Å². The Balaban J connectivity index is 2.12. The lowest BCUT2D eigenvalue weighted by Crippen LogP contribution is -2.15. The van der Waals surface area contributed by atoms with Gasteiger partial charge in [-0.3, -0.25) is 0 Å². The average molecular weight is 249 g/mol. The van der Waals surface area contributed by atoms with Crippen LogP contribution in [0.3, 0.4) is 0 Å². The van der Waals surface area contributed by atoms with Gasteiger partial charge in [0.15, 0.2) is 0 Å². The summed E-state index contributed by atoms with van der Waals surface area (Å²) in [6.45, 7) is 0. The fourth-order valence-corrected chi connectivity index (χ4v) is 2.39.